The van der Waals surface area contributed by atoms with E-state index in [-0.39, 0.29) is 0 Å². The molecule has 1 aliphatic heterocycles. The van der Waals surface area contributed by atoms with Gasteiger partial charge in [-0.2, -0.15) is 0 Å². The Morgan fingerprint density at radius 3 is 2.44 bits per heavy atom. The Balaban J connectivity index is 1.54. The van der Waals surface area contributed by atoms with E-state index in [0.717, 1.165) is 39.4 Å². The van der Waals surface area contributed by atoms with E-state index in [9.17, 15) is 0 Å². The lowest BCUT2D eigenvalue weighted by Crippen LogP contribution is -2.48. The largest absolute Gasteiger partial charge is 0.379 e. The van der Waals surface area contributed by atoms with Crippen LogP contribution in [0.25, 0.3) is 16.8 Å². The number of morpholine rings is 1. The van der Waals surface area contributed by atoms with Crippen LogP contribution in [0.5, 0.6) is 0 Å². The molecule has 1 saturated heterocycles. The van der Waals surface area contributed by atoms with Gasteiger partial charge in [0.05, 0.1) is 13.2 Å². The molecule has 0 N–H and O–H groups in total. The number of benzene rings is 3. The summed E-state index contributed by atoms with van der Waals surface area (Å²) < 4.78 is 5.56. The highest BCUT2D eigenvalue weighted by atomic mass is 16.5. The Hall–Kier alpha value is -2.46. The monoisotopic (exact) mass is 358 g/mol. The van der Waals surface area contributed by atoms with Gasteiger partial charge in [0.2, 0.25) is 0 Å². The molecule has 3 nitrogen and oxygen atoms in total. The Labute approximate surface area is 161 Å². The number of hydrogen-bond donors (Lipinski definition) is 0. The number of hydrogen-bond acceptors (Lipinski definition) is 3. The molecule has 1 fully saturated rings. The zero-order valence-corrected chi connectivity index (χ0v) is 15.6. The molecule has 0 aromatic heterocycles. The summed E-state index contributed by atoms with van der Waals surface area (Å²) in [6.07, 6.45) is 4.46. The second kappa shape index (κ2) is 8.96. The fraction of sp³-hybridized carbons (Fsp3) is 0.250. The van der Waals surface area contributed by atoms with Gasteiger partial charge in [0.1, 0.15) is 0 Å². The maximum absolute atomic E-state index is 5.56. The van der Waals surface area contributed by atoms with E-state index in [2.05, 4.69) is 95.0 Å². The van der Waals surface area contributed by atoms with Crippen molar-refractivity contribution in [3.63, 3.8) is 0 Å². The minimum Gasteiger partial charge on any atom is -0.379 e. The summed E-state index contributed by atoms with van der Waals surface area (Å²) in [4.78, 5) is 0. The average molecular weight is 358 g/mol. The SMILES string of the molecule is C(=C\c1ccccc1)/CN(Cc1cccc2ccccc12)N1CCOCC1. The van der Waals surface area contributed by atoms with Crippen LogP contribution < -0.4 is 0 Å². The summed E-state index contributed by atoms with van der Waals surface area (Å²) in [5.74, 6) is 0. The van der Waals surface area contributed by atoms with Crippen molar-refractivity contribution in [1.29, 1.82) is 0 Å². The summed E-state index contributed by atoms with van der Waals surface area (Å²) in [7, 11) is 0. The van der Waals surface area contributed by atoms with Crippen LogP contribution in [-0.2, 0) is 11.3 Å². The molecule has 0 atom stereocenters. The molecular formula is C24H26N2O. The first-order chi connectivity index (χ1) is 13.4. The first-order valence-corrected chi connectivity index (χ1v) is 9.66. The second-order valence-electron chi connectivity index (χ2n) is 6.86. The number of hydrazine groups is 1. The number of ether oxygens (including phenoxy) is 1. The highest BCUT2D eigenvalue weighted by Crippen LogP contribution is 2.21. The zero-order valence-electron chi connectivity index (χ0n) is 15.6. The zero-order chi connectivity index (χ0) is 18.3. The van der Waals surface area contributed by atoms with Crippen LogP contribution >= 0.6 is 0 Å². The summed E-state index contributed by atoms with van der Waals surface area (Å²) in [6.45, 7) is 5.29. The lowest BCUT2D eigenvalue weighted by Gasteiger charge is -2.37. The summed E-state index contributed by atoms with van der Waals surface area (Å²) in [5, 5.41) is 7.52. The van der Waals surface area contributed by atoms with Crippen molar-refractivity contribution >= 4 is 16.8 Å². The molecule has 3 heteroatoms. The van der Waals surface area contributed by atoms with Gasteiger partial charge in [-0.1, -0.05) is 84.9 Å². The van der Waals surface area contributed by atoms with Crippen molar-refractivity contribution in [2.45, 2.75) is 6.54 Å². The normalized spacial score (nSPS) is 15.7. The minimum atomic E-state index is 0.800. The topological polar surface area (TPSA) is 15.7 Å². The molecule has 4 rings (SSSR count). The van der Waals surface area contributed by atoms with Crippen LogP contribution in [0.15, 0.2) is 78.9 Å². The Morgan fingerprint density at radius 2 is 1.59 bits per heavy atom. The molecule has 3 aromatic carbocycles. The van der Waals surface area contributed by atoms with Crippen LogP contribution in [-0.4, -0.2) is 42.9 Å². The van der Waals surface area contributed by atoms with Crippen molar-refractivity contribution in [3.8, 4) is 0 Å². The quantitative estimate of drug-likeness (QED) is 0.640. The van der Waals surface area contributed by atoms with E-state index < -0.39 is 0 Å². The highest BCUT2D eigenvalue weighted by Gasteiger charge is 2.18. The van der Waals surface area contributed by atoms with Crippen LogP contribution in [0.1, 0.15) is 11.1 Å². The van der Waals surface area contributed by atoms with E-state index in [0.29, 0.717) is 0 Å². The minimum absolute atomic E-state index is 0.800. The smallest absolute Gasteiger partial charge is 0.0608 e. The van der Waals surface area contributed by atoms with Crippen molar-refractivity contribution in [1.82, 2.24) is 10.0 Å². The average Bonchev–Trinajstić information content (AvgIpc) is 2.74. The molecule has 0 unspecified atom stereocenters. The van der Waals surface area contributed by atoms with E-state index in [1.165, 1.54) is 21.9 Å². The summed E-state index contributed by atoms with van der Waals surface area (Å²) in [5.41, 5.74) is 2.61. The Bertz CT molecular complexity index is 880. The summed E-state index contributed by atoms with van der Waals surface area (Å²) >= 11 is 0. The van der Waals surface area contributed by atoms with Gasteiger partial charge in [-0.15, -0.1) is 0 Å². The maximum Gasteiger partial charge on any atom is 0.0608 e. The molecule has 0 radical (unpaired) electrons. The van der Waals surface area contributed by atoms with Crippen LogP contribution in [0, 0.1) is 0 Å². The molecular weight excluding hydrogens is 332 g/mol. The fourth-order valence-corrected chi connectivity index (χ4v) is 3.62. The maximum atomic E-state index is 5.56. The first kappa shape index (κ1) is 17.9. The van der Waals surface area contributed by atoms with Crippen LogP contribution in [0.3, 0.4) is 0 Å². The Kier molecular flexibility index (Phi) is 5.95. The molecule has 0 saturated carbocycles. The van der Waals surface area contributed by atoms with Crippen LogP contribution in [0.4, 0.5) is 0 Å². The predicted molar refractivity (Wildman–Crippen MR) is 112 cm³/mol. The molecule has 0 aliphatic carbocycles. The van der Waals surface area contributed by atoms with Gasteiger partial charge in [0, 0.05) is 26.2 Å². The second-order valence-corrected chi connectivity index (χ2v) is 6.86. The van der Waals surface area contributed by atoms with Gasteiger partial charge in [-0.05, 0) is 21.9 Å². The van der Waals surface area contributed by atoms with Gasteiger partial charge in [0.15, 0.2) is 0 Å². The lowest BCUT2D eigenvalue weighted by molar-refractivity contribution is -0.0888. The van der Waals surface area contributed by atoms with Gasteiger partial charge in [-0.25, -0.2) is 10.0 Å². The number of fused-ring (bicyclic) bond motifs is 1. The van der Waals surface area contributed by atoms with E-state index >= 15 is 0 Å². The van der Waals surface area contributed by atoms with E-state index in [4.69, 9.17) is 4.74 Å². The fourth-order valence-electron chi connectivity index (χ4n) is 3.62. The van der Waals surface area contributed by atoms with Crippen molar-refractivity contribution in [2.24, 2.45) is 0 Å². The van der Waals surface area contributed by atoms with Gasteiger partial charge >= 0.3 is 0 Å². The molecule has 27 heavy (non-hydrogen) atoms. The number of nitrogens with zero attached hydrogens (tertiary/aromatic N) is 2. The standard InChI is InChI=1S/C24H26N2O/c1-2-8-21(9-3-1)10-7-15-26(25-16-18-27-19-17-25)20-23-13-6-12-22-11-4-5-14-24(22)23/h1-14H,15-20H2/b10-7+. The van der Waals surface area contributed by atoms with Crippen molar-refractivity contribution < 1.29 is 4.74 Å². The Morgan fingerprint density at radius 1 is 0.852 bits per heavy atom. The molecule has 0 bridgehead atoms. The number of rotatable bonds is 6. The van der Waals surface area contributed by atoms with Gasteiger partial charge in [-0.3, -0.25) is 0 Å². The first-order valence-electron chi connectivity index (χ1n) is 9.66. The third-order valence-corrected chi connectivity index (χ3v) is 5.05. The summed E-state index contributed by atoms with van der Waals surface area (Å²) in [6, 6.07) is 25.7. The third-order valence-electron chi connectivity index (χ3n) is 5.05. The molecule has 1 heterocycles. The molecule has 0 spiro atoms. The highest BCUT2D eigenvalue weighted by molar-refractivity contribution is 5.85. The van der Waals surface area contributed by atoms with Gasteiger partial charge < -0.3 is 4.74 Å². The molecule has 138 valence electrons. The molecule has 1 aliphatic rings. The van der Waals surface area contributed by atoms with E-state index in [1.54, 1.807) is 0 Å². The molecule has 0 amide bonds. The van der Waals surface area contributed by atoms with Crippen molar-refractivity contribution in [2.75, 3.05) is 32.8 Å². The van der Waals surface area contributed by atoms with E-state index in [1.807, 2.05) is 0 Å². The van der Waals surface area contributed by atoms with Crippen LogP contribution in [0.2, 0.25) is 0 Å². The van der Waals surface area contributed by atoms with Gasteiger partial charge in [0.25, 0.3) is 0 Å². The predicted octanol–water partition coefficient (Wildman–Crippen LogP) is 4.60. The lowest BCUT2D eigenvalue weighted by atomic mass is 10.0. The van der Waals surface area contributed by atoms with Crippen molar-refractivity contribution in [3.05, 3.63) is 90.0 Å². The third kappa shape index (κ3) is 4.64. The molecule has 3 aromatic rings.